The van der Waals surface area contributed by atoms with E-state index in [1.54, 1.807) is 0 Å². The molecule has 4 saturated carbocycles. The number of hydrogen-bond acceptors (Lipinski definition) is 3. The summed E-state index contributed by atoms with van der Waals surface area (Å²) in [6, 6.07) is 0. The number of piperidine rings is 1. The Morgan fingerprint density at radius 3 is 2.26 bits per heavy atom. The molecule has 4 aliphatic carbocycles. The van der Waals surface area contributed by atoms with E-state index >= 15 is 0 Å². The summed E-state index contributed by atoms with van der Waals surface area (Å²) in [7, 11) is 1.44. The van der Waals surface area contributed by atoms with Crippen molar-refractivity contribution >= 4 is 11.9 Å². The van der Waals surface area contributed by atoms with Gasteiger partial charge in [-0.25, -0.2) is 0 Å². The molecule has 0 aromatic heterocycles. The van der Waals surface area contributed by atoms with Crippen molar-refractivity contribution < 1.29 is 14.3 Å². The highest BCUT2D eigenvalue weighted by Gasteiger charge is 2.51. The first kappa shape index (κ1) is 15.5. The fourth-order valence-corrected chi connectivity index (χ4v) is 6.50. The molecule has 4 bridgehead atoms. The molecule has 0 radical (unpaired) electrons. The highest BCUT2D eigenvalue weighted by molar-refractivity contribution is 5.79. The lowest BCUT2D eigenvalue weighted by Crippen LogP contribution is -2.50. The SMILES string of the molecule is COC(=O)C1CCCN(C(=O)CC23CC4CC(CC(C4)C2)C3)C1. The Hall–Kier alpha value is -1.06. The first-order valence-corrected chi connectivity index (χ1v) is 9.42. The highest BCUT2D eigenvalue weighted by Crippen LogP contribution is 2.61. The summed E-state index contributed by atoms with van der Waals surface area (Å²) in [5.41, 5.74) is 0.296. The van der Waals surface area contributed by atoms with Gasteiger partial charge in [-0.05, 0) is 74.5 Å². The van der Waals surface area contributed by atoms with Crippen LogP contribution in [0.5, 0.6) is 0 Å². The van der Waals surface area contributed by atoms with Crippen LogP contribution in [0.4, 0.5) is 0 Å². The van der Waals surface area contributed by atoms with Crippen molar-refractivity contribution in [1.29, 1.82) is 0 Å². The number of likely N-dealkylation sites (tertiary alicyclic amines) is 1. The van der Waals surface area contributed by atoms with Crippen LogP contribution in [0.1, 0.15) is 57.8 Å². The normalized spacial score (nSPS) is 41.9. The van der Waals surface area contributed by atoms with Crippen molar-refractivity contribution in [3.63, 3.8) is 0 Å². The van der Waals surface area contributed by atoms with E-state index in [9.17, 15) is 9.59 Å². The number of rotatable bonds is 3. The van der Waals surface area contributed by atoms with Gasteiger partial charge >= 0.3 is 5.97 Å². The molecule has 1 saturated heterocycles. The second-order valence-corrected chi connectivity index (χ2v) is 8.80. The van der Waals surface area contributed by atoms with Gasteiger partial charge in [0.15, 0.2) is 0 Å². The Balaban J connectivity index is 1.41. The molecule has 0 aromatic rings. The Labute approximate surface area is 138 Å². The summed E-state index contributed by atoms with van der Waals surface area (Å²) in [6.07, 6.45) is 10.6. The monoisotopic (exact) mass is 319 g/mol. The molecule has 1 atom stereocenters. The predicted molar refractivity (Wildman–Crippen MR) is 86.5 cm³/mol. The van der Waals surface area contributed by atoms with Crippen molar-refractivity contribution in [2.45, 2.75) is 57.8 Å². The van der Waals surface area contributed by atoms with Gasteiger partial charge in [-0.1, -0.05) is 0 Å². The van der Waals surface area contributed by atoms with Crippen LogP contribution in [0.15, 0.2) is 0 Å². The van der Waals surface area contributed by atoms with Gasteiger partial charge in [-0.3, -0.25) is 9.59 Å². The third kappa shape index (κ3) is 2.89. The lowest BCUT2D eigenvalue weighted by atomic mass is 9.49. The Morgan fingerprint density at radius 2 is 1.70 bits per heavy atom. The average Bonchev–Trinajstić information content (AvgIpc) is 2.52. The molecule has 1 aliphatic heterocycles. The maximum atomic E-state index is 12.9. The Morgan fingerprint density at radius 1 is 1.09 bits per heavy atom. The minimum Gasteiger partial charge on any atom is -0.469 e. The summed E-state index contributed by atoms with van der Waals surface area (Å²) in [5.74, 6) is 2.68. The maximum Gasteiger partial charge on any atom is 0.310 e. The van der Waals surface area contributed by atoms with Crippen LogP contribution in [0.25, 0.3) is 0 Å². The molecule has 0 aromatic carbocycles. The van der Waals surface area contributed by atoms with Crippen LogP contribution in [0, 0.1) is 29.1 Å². The molecule has 0 N–H and O–H groups in total. The van der Waals surface area contributed by atoms with E-state index in [1.807, 2.05) is 4.90 Å². The van der Waals surface area contributed by atoms with Crippen molar-refractivity contribution in [1.82, 2.24) is 4.90 Å². The van der Waals surface area contributed by atoms with Gasteiger partial charge in [-0.15, -0.1) is 0 Å². The molecule has 128 valence electrons. The quantitative estimate of drug-likeness (QED) is 0.751. The molecule has 5 fully saturated rings. The zero-order chi connectivity index (χ0) is 16.0. The fraction of sp³-hybridized carbons (Fsp3) is 0.895. The summed E-state index contributed by atoms with van der Waals surface area (Å²) < 4.78 is 4.87. The van der Waals surface area contributed by atoms with Gasteiger partial charge in [0.2, 0.25) is 5.91 Å². The van der Waals surface area contributed by atoms with Crippen LogP contribution in [0.3, 0.4) is 0 Å². The predicted octanol–water partition coefficient (Wildman–Crippen LogP) is 3.00. The van der Waals surface area contributed by atoms with Crippen LogP contribution in [0.2, 0.25) is 0 Å². The third-order valence-electron chi connectivity index (χ3n) is 7.00. The molecule has 1 unspecified atom stereocenters. The van der Waals surface area contributed by atoms with Gasteiger partial charge in [0.25, 0.3) is 0 Å². The number of nitrogens with zero attached hydrogens (tertiary/aromatic N) is 1. The van der Waals surface area contributed by atoms with Gasteiger partial charge in [0.1, 0.15) is 0 Å². The van der Waals surface area contributed by atoms with Crippen molar-refractivity contribution in [3.05, 3.63) is 0 Å². The number of esters is 1. The molecule has 0 spiro atoms. The number of ether oxygens (including phenoxy) is 1. The van der Waals surface area contributed by atoms with Crippen molar-refractivity contribution in [2.75, 3.05) is 20.2 Å². The Bertz CT molecular complexity index is 466. The first-order chi connectivity index (χ1) is 11.1. The second-order valence-electron chi connectivity index (χ2n) is 8.80. The lowest BCUT2D eigenvalue weighted by molar-refractivity contribution is -0.150. The van der Waals surface area contributed by atoms with Crippen LogP contribution in [-0.4, -0.2) is 37.0 Å². The largest absolute Gasteiger partial charge is 0.469 e. The van der Waals surface area contributed by atoms with Gasteiger partial charge in [0, 0.05) is 19.5 Å². The van der Waals surface area contributed by atoms with E-state index in [-0.39, 0.29) is 11.9 Å². The van der Waals surface area contributed by atoms with Gasteiger partial charge in [0.05, 0.1) is 13.0 Å². The standard InChI is InChI=1S/C19H29NO3/c1-23-18(22)16-3-2-4-20(12-16)17(21)11-19-8-13-5-14(9-19)7-15(6-13)10-19/h13-16H,2-12H2,1H3. The Kier molecular flexibility index (Phi) is 3.89. The van der Waals surface area contributed by atoms with E-state index in [0.29, 0.717) is 17.9 Å². The molecule has 1 heterocycles. The number of carbonyl (C=O) groups excluding carboxylic acids is 2. The van der Waals surface area contributed by atoms with Crippen LogP contribution >= 0.6 is 0 Å². The van der Waals surface area contributed by atoms with E-state index in [2.05, 4.69) is 0 Å². The fourth-order valence-electron chi connectivity index (χ4n) is 6.50. The average molecular weight is 319 g/mol. The zero-order valence-corrected chi connectivity index (χ0v) is 14.3. The molecule has 5 aliphatic rings. The summed E-state index contributed by atoms with van der Waals surface area (Å²) >= 11 is 0. The van der Waals surface area contributed by atoms with Crippen molar-refractivity contribution in [2.24, 2.45) is 29.1 Å². The molecular weight excluding hydrogens is 290 g/mol. The van der Waals surface area contributed by atoms with E-state index in [0.717, 1.165) is 43.6 Å². The molecule has 4 heteroatoms. The minimum atomic E-state index is -0.155. The number of hydrogen-bond donors (Lipinski definition) is 0. The van der Waals surface area contributed by atoms with Gasteiger partial charge in [-0.2, -0.15) is 0 Å². The smallest absolute Gasteiger partial charge is 0.310 e. The molecule has 4 nitrogen and oxygen atoms in total. The summed E-state index contributed by atoms with van der Waals surface area (Å²) in [5, 5.41) is 0. The first-order valence-electron chi connectivity index (χ1n) is 9.42. The number of methoxy groups -OCH3 is 1. The summed E-state index contributed by atoms with van der Waals surface area (Å²) in [6.45, 7) is 1.39. The van der Waals surface area contributed by atoms with Crippen molar-refractivity contribution in [3.8, 4) is 0 Å². The van der Waals surface area contributed by atoms with Gasteiger partial charge < -0.3 is 9.64 Å². The highest BCUT2D eigenvalue weighted by atomic mass is 16.5. The number of carbonyl (C=O) groups is 2. The number of amides is 1. The maximum absolute atomic E-state index is 12.9. The molecule has 1 amide bonds. The third-order valence-corrected chi connectivity index (χ3v) is 7.00. The van der Waals surface area contributed by atoms with Crippen LogP contribution in [-0.2, 0) is 14.3 Å². The molecular formula is C19H29NO3. The van der Waals surface area contributed by atoms with E-state index in [4.69, 9.17) is 4.74 Å². The molecule has 5 rings (SSSR count). The zero-order valence-electron chi connectivity index (χ0n) is 14.3. The minimum absolute atomic E-state index is 0.117. The van der Waals surface area contributed by atoms with E-state index < -0.39 is 0 Å². The van der Waals surface area contributed by atoms with E-state index in [1.165, 1.54) is 45.6 Å². The van der Waals surface area contributed by atoms with Crippen LogP contribution < -0.4 is 0 Å². The topological polar surface area (TPSA) is 46.6 Å². The molecule has 23 heavy (non-hydrogen) atoms. The summed E-state index contributed by atoms with van der Waals surface area (Å²) in [4.78, 5) is 26.6. The second kappa shape index (κ2) is 5.78. The lowest BCUT2D eigenvalue weighted by Gasteiger charge is -2.57.